The highest BCUT2D eigenvalue weighted by molar-refractivity contribution is 5.99. The van der Waals surface area contributed by atoms with E-state index in [0.717, 1.165) is 0 Å². The first-order chi connectivity index (χ1) is 10.1. The van der Waals surface area contributed by atoms with Gasteiger partial charge in [0.2, 0.25) is 11.8 Å². The molecule has 7 heteroatoms. The second-order valence-corrected chi connectivity index (χ2v) is 5.00. The minimum Gasteiger partial charge on any atom is -0.467 e. The molecule has 1 fully saturated rings. The summed E-state index contributed by atoms with van der Waals surface area (Å²) in [4.78, 5) is 25.5. The molecule has 0 aliphatic carbocycles. The van der Waals surface area contributed by atoms with Crippen molar-refractivity contribution >= 4 is 17.6 Å². The maximum atomic E-state index is 12.1. The van der Waals surface area contributed by atoms with Gasteiger partial charge in [-0.2, -0.15) is 0 Å². The van der Waals surface area contributed by atoms with E-state index in [4.69, 9.17) is 8.94 Å². The summed E-state index contributed by atoms with van der Waals surface area (Å²) in [5.74, 6) is 1.09. The van der Waals surface area contributed by atoms with Gasteiger partial charge < -0.3 is 14.3 Å². The molecule has 2 aromatic rings. The Labute approximate surface area is 120 Å². The van der Waals surface area contributed by atoms with Gasteiger partial charge in [0.05, 0.1) is 18.7 Å². The Morgan fingerprint density at radius 2 is 2.43 bits per heavy atom. The van der Waals surface area contributed by atoms with Crippen molar-refractivity contribution in [1.29, 1.82) is 0 Å². The summed E-state index contributed by atoms with van der Waals surface area (Å²) in [6.07, 6.45) is 1.73. The summed E-state index contributed by atoms with van der Waals surface area (Å²) in [5.41, 5.74) is 0. The summed E-state index contributed by atoms with van der Waals surface area (Å²) in [6, 6.07) is 5.22. The van der Waals surface area contributed by atoms with Crippen LogP contribution in [0.15, 0.2) is 33.4 Å². The number of nitrogens with zero attached hydrogens (tertiary/aromatic N) is 2. The highest BCUT2D eigenvalue weighted by atomic mass is 16.5. The van der Waals surface area contributed by atoms with Crippen molar-refractivity contribution in [1.82, 2.24) is 10.5 Å². The first kappa shape index (κ1) is 13.4. The Balaban J connectivity index is 1.60. The molecular formula is C14H15N3O4. The summed E-state index contributed by atoms with van der Waals surface area (Å²) < 4.78 is 10.1. The predicted octanol–water partition coefficient (Wildman–Crippen LogP) is 1.25. The third-order valence-corrected chi connectivity index (χ3v) is 3.40. The minimum atomic E-state index is -0.385. The maximum Gasteiger partial charge on any atom is 0.229 e. The molecule has 3 rings (SSSR count). The Hall–Kier alpha value is -2.57. The average Bonchev–Trinajstić information content (AvgIpc) is 3.17. The normalized spacial score (nSPS) is 18.2. The van der Waals surface area contributed by atoms with E-state index in [-0.39, 0.29) is 24.2 Å². The van der Waals surface area contributed by atoms with Crippen LogP contribution in [-0.2, 0) is 16.1 Å². The summed E-state index contributed by atoms with van der Waals surface area (Å²) in [7, 11) is 0. The average molecular weight is 289 g/mol. The van der Waals surface area contributed by atoms with Crippen LogP contribution < -0.4 is 10.2 Å². The molecule has 1 unspecified atom stereocenters. The van der Waals surface area contributed by atoms with E-state index < -0.39 is 0 Å². The lowest BCUT2D eigenvalue weighted by atomic mass is 10.1. The summed E-state index contributed by atoms with van der Waals surface area (Å²) >= 11 is 0. The SMILES string of the molecule is Cc1cc(N2CC(C(=O)NCc3ccco3)CC2=O)no1. The lowest BCUT2D eigenvalue weighted by molar-refractivity contribution is -0.126. The van der Waals surface area contributed by atoms with Gasteiger partial charge in [-0.1, -0.05) is 5.16 Å². The molecule has 1 saturated heterocycles. The molecule has 0 saturated carbocycles. The zero-order valence-electron chi connectivity index (χ0n) is 11.5. The molecule has 1 atom stereocenters. The lowest BCUT2D eigenvalue weighted by Gasteiger charge is -2.12. The fourth-order valence-electron chi connectivity index (χ4n) is 2.32. The second kappa shape index (κ2) is 5.43. The van der Waals surface area contributed by atoms with Crippen molar-refractivity contribution in [2.45, 2.75) is 19.9 Å². The van der Waals surface area contributed by atoms with Crippen LogP contribution in [0.2, 0.25) is 0 Å². The molecule has 1 aliphatic heterocycles. The first-order valence-electron chi connectivity index (χ1n) is 6.67. The number of amides is 2. The Morgan fingerprint density at radius 3 is 3.10 bits per heavy atom. The van der Waals surface area contributed by atoms with Crippen LogP contribution in [0, 0.1) is 12.8 Å². The first-order valence-corrected chi connectivity index (χ1v) is 6.67. The quantitative estimate of drug-likeness (QED) is 0.915. The van der Waals surface area contributed by atoms with E-state index in [1.54, 1.807) is 31.4 Å². The van der Waals surface area contributed by atoms with Gasteiger partial charge in [-0.05, 0) is 19.1 Å². The van der Waals surface area contributed by atoms with Gasteiger partial charge in [-0.15, -0.1) is 0 Å². The van der Waals surface area contributed by atoms with Crippen LogP contribution in [0.1, 0.15) is 17.9 Å². The van der Waals surface area contributed by atoms with Crippen LogP contribution in [0.3, 0.4) is 0 Å². The molecule has 0 spiro atoms. The van der Waals surface area contributed by atoms with Crippen molar-refractivity contribution in [3.8, 4) is 0 Å². The van der Waals surface area contributed by atoms with Crippen molar-refractivity contribution in [2.24, 2.45) is 5.92 Å². The molecule has 1 aliphatic rings. The standard InChI is InChI=1S/C14H15N3O4/c1-9-5-12(16-21-9)17-8-10(6-13(17)18)14(19)15-7-11-3-2-4-20-11/h2-5,10H,6-8H2,1H3,(H,15,19). The number of aryl methyl sites for hydroxylation is 1. The molecule has 2 amide bonds. The minimum absolute atomic E-state index is 0.124. The number of furan rings is 1. The molecule has 110 valence electrons. The highest BCUT2D eigenvalue weighted by Crippen LogP contribution is 2.24. The fraction of sp³-hybridized carbons (Fsp3) is 0.357. The van der Waals surface area contributed by atoms with E-state index in [0.29, 0.717) is 30.4 Å². The molecule has 7 nitrogen and oxygen atoms in total. The maximum absolute atomic E-state index is 12.1. The number of nitrogens with one attached hydrogen (secondary N) is 1. The molecule has 1 N–H and O–H groups in total. The van der Waals surface area contributed by atoms with Crippen LogP contribution in [-0.4, -0.2) is 23.5 Å². The van der Waals surface area contributed by atoms with Crippen LogP contribution >= 0.6 is 0 Å². The highest BCUT2D eigenvalue weighted by Gasteiger charge is 2.36. The summed E-state index contributed by atoms with van der Waals surface area (Å²) in [6.45, 7) is 2.39. The Morgan fingerprint density at radius 1 is 1.57 bits per heavy atom. The van der Waals surface area contributed by atoms with E-state index in [1.807, 2.05) is 0 Å². The van der Waals surface area contributed by atoms with E-state index in [9.17, 15) is 9.59 Å². The Bertz CT molecular complexity index is 647. The predicted molar refractivity (Wildman–Crippen MR) is 72.3 cm³/mol. The van der Waals surface area contributed by atoms with Crippen molar-refractivity contribution in [3.05, 3.63) is 36.0 Å². The number of rotatable bonds is 4. The number of anilines is 1. The number of hydrogen-bond donors (Lipinski definition) is 1. The number of hydrogen-bond acceptors (Lipinski definition) is 5. The zero-order valence-corrected chi connectivity index (χ0v) is 11.5. The van der Waals surface area contributed by atoms with Gasteiger partial charge in [0.1, 0.15) is 11.5 Å². The van der Waals surface area contributed by atoms with Gasteiger partial charge >= 0.3 is 0 Å². The smallest absolute Gasteiger partial charge is 0.229 e. The van der Waals surface area contributed by atoms with Gasteiger partial charge in [0, 0.05) is 19.0 Å². The van der Waals surface area contributed by atoms with Crippen LogP contribution in [0.5, 0.6) is 0 Å². The third kappa shape index (κ3) is 2.81. The van der Waals surface area contributed by atoms with Crippen LogP contribution in [0.4, 0.5) is 5.82 Å². The molecule has 2 aromatic heterocycles. The summed E-state index contributed by atoms with van der Waals surface area (Å²) in [5, 5.41) is 6.58. The molecular weight excluding hydrogens is 274 g/mol. The van der Waals surface area contributed by atoms with E-state index in [1.165, 1.54) is 4.90 Å². The molecule has 0 radical (unpaired) electrons. The molecule has 21 heavy (non-hydrogen) atoms. The van der Waals surface area contributed by atoms with Gasteiger partial charge in [0.15, 0.2) is 5.82 Å². The van der Waals surface area contributed by atoms with E-state index in [2.05, 4.69) is 10.5 Å². The third-order valence-electron chi connectivity index (χ3n) is 3.40. The van der Waals surface area contributed by atoms with Crippen LogP contribution in [0.25, 0.3) is 0 Å². The second-order valence-electron chi connectivity index (χ2n) is 5.00. The van der Waals surface area contributed by atoms with Crippen molar-refractivity contribution in [3.63, 3.8) is 0 Å². The van der Waals surface area contributed by atoms with Gasteiger partial charge in [-0.25, -0.2) is 0 Å². The number of aromatic nitrogens is 1. The molecule has 0 bridgehead atoms. The monoisotopic (exact) mass is 289 g/mol. The van der Waals surface area contributed by atoms with Gasteiger partial charge in [-0.3, -0.25) is 14.5 Å². The fourth-order valence-corrected chi connectivity index (χ4v) is 2.32. The zero-order chi connectivity index (χ0) is 14.8. The lowest BCUT2D eigenvalue weighted by Crippen LogP contribution is -2.32. The largest absolute Gasteiger partial charge is 0.467 e. The Kier molecular flexibility index (Phi) is 3.47. The molecule has 3 heterocycles. The van der Waals surface area contributed by atoms with Gasteiger partial charge in [0.25, 0.3) is 0 Å². The topological polar surface area (TPSA) is 88.6 Å². The van der Waals surface area contributed by atoms with Crippen molar-refractivity contribution < 1.29 is 18.5 Å². The molecule has 0 aromatic carbocycles. The number of carbonyl (C=O) groups excluding carboxylic acids is 2. The van der Waals surface area contributed by atoms with E-state index >= 15 is 0 Å². The van der Waals surface area contributed by atoms with Crippen molar-refractivity contribution in [2.75, 3.05) is 11.4 Å². The number of carbonyl (C=O) groups is 2.